The molecule has 0 radical (unpaired) electrons. The van der Waals surface area contributed by atoms with Crippen molar-refractivity contribution in [2.75, 3.05) is 10.6 Å². The fraction of sp³-hybridized carbons (Fsp3) is 0.200. The molecule has 0 aliphatic rings. The standard InChI is InChI=1S/C30H30N4O3/c1-4-5-19-34-21(3)27(20(2)33-34)32-30(37)25-17-11-12-18-26(25)31-29(36)24-16-10-9-15-23(24)28(35)22-13-7-6-8-14-22/h6-18H,4-5,19H2,1-3H3,(H,31,36)(H,32,37). The maximum Gasteiger partial charge on any atom is 0.257 e. The highest BCUT2D eigenvalue weighted by Gasteiger charge is 2.21. The van der Waals surface area contributed by atoms with E-state index < -0.39 is 5.91 Å². The largest absolute Gasteiger partial charge is 0.321 e. The van der Waals surface area contributed by atoms with Crippen LogP contribution < -0.4 is 10.6 Å². The maximum atomic E-state index is 13.3. The van der Waals surface area contributed by atoms with Gasteiger partial charge in [-0.1, -0.05) is 74.0 Å². The number of carbonyl (C=O) groups is 3. The second-order valence-electron chi connectivity index (χ2n) is 8.82. The Morgan fingerprint density at radius 3 is 2.05 bits per heavy atom. The van der Waals surface area contributed by atoms with Crippen molar-refractivity contribution in [1.82, 2.24) is 9.78 Å². The minimum absolute atomic E-state index is 0.232. The number of benzene rings is 3. The second kappa shape index (κ2) is 11.5. The molecule has 1 heterocycles. The number of hydrogen-bond acceptors (Lipinski definition) is 4. The number of nitrogens with zero attached hydrogens (tertiary/aromatic N) is 2. The quantitative estimate of drug-likeness (QED) is 0.278. The number of carbonyl (C=O) groups excluding carboxylic acids is 3. The molecule has 0 aliphatic carbocycles. The van der Waals surface area contributed by atoms with Crippen molar-refractivity contribution < 1.29 is 14.4 Å². The van der Waals surface area contributed by atoms with Crippen LogP contribution in [0, 0.1) is 13.8 Å². The number of aryl methyl sites for hydroxylation is 2. The summed E-state index contributed by atoms with van der Waals surface area (Å²) >= 11 is 0. The molecule has 37 heavy (non-hydrogen) atoms. The second-order valence-corrected chi connectivity index (χ2v) is 8.82. The van der Waals surface area contributed by atoms with Crippen molar-refractivity contribution in [2.45, 2.75) is 40.2 Å². The third-order valence-electron chi connectivity index (χ3n) is 6.22. The highest BCUT2D eigenvalue weighted by atomic mass is 16.2. The van der Waals surface area contributed by atoms with Crippen LogP contribution in [-0.2, 0) is 6.54 Å². The normalized spacial score (nSPS) is 10.7. The van der Waals surface area contributed by atoms with Gasteiger partial charge in [0, 0.05) is 17.7 Å². The number of unbranched alkanes of at least 4 members (excludes halogenated alkanes) is 1. The summed E-state index contributed by atoms with van der Waals surface area (Å²) in [4.78, 5) is 39.7. The first kappa shape index (κ1) is 25.6. The Kier molecular flexibility index (Phi) is 7.93. The summed E-state index contributed by atoms with van der Waals surface area (Å²) < 4.78 is 1.91. The number of aromatic nitrogens is 2. The molecule has 0 bridgehead atoms. The number of ketones is 1. The molecule has 0 unspecified atom stereocenters. The van der Waals surface area contributed by atoms with Gasteiger partial charge in [0.25, 0.3) is 11.8 Å². The van der Waals surface area contributed by atoms with E-state index in [-0.39, 0.29) is 17.3 Å². The van der Waals surface area contributed by atoms with Crippen LogP contribution in [0.15, 0.2) is 78.9 Å². The first-order chi connectivity index (χ1) is 17.9. The molecule has 4 rings (SSSR count). The molecule has 0 saturated heterocycles. The number of anilines is 2. The third-order valence-corrected chi connectivity index (χ3v) is 6.22. The average Bonchev–Trinajstić information content (AvgIpc) is 3.19. The molecule has 7 nitrogen and oxygen atoms in total. The van der Waals surface area contributed by atoms with Crippen molar-refractivity contribution in [3.8, 4) is 0 Å². The molecule has 0 atom stereocenters. The van der Waals surface area contributed by atoms with Crippen LogP contribution in [0.4, 0.5) is 11.4 Å². The Bertz CT molecular complexity index is 1440. The molecule has 4 aromatic rings. The summed E-state index contributed by atoms with van der Waals surface area (Å²) in [6.07, 6.45) is 2.05. The molecule has 0 spiro atoms. The van der Waals surface area contributed by atoms with E-state index in [2.05, 4.69) is 22.7 Å². The number of amides is 2. The Morgan fingerprint density at radius 1 is 0.757 bits per heavy atom. The van der Waals surface area contributed by atoms with E-state index in [1.165, 1.54) is 0 Å². The van der Waals surface area contributed by atoms with Gasteiger partial charge in [0.2, 0.25) is 0 Å². The van der Waals surface area contributed by atoms with Gasteiger partial charge in [-0.05, 0) is 38.5 Å². The van der Waals surface area contributed by atoms with Gasteiger partial charge in [-0.2, -0.15) is 5.10 Å². The minimum Gasteiger partial charge on any atom is -0.321 e. The summed E-state index contributed by atoms with van der Waals surface area (Å²) in [6.45, 7) is 6.70. The van der Waals surface area contributed by atoms with E-state index in [9.17, 15) is 14.4 Å². The van der Waals surface area contributed by atoms with E-state index in [4.69, 9.17) is 0 Å². The van der Waals surface area contributed by atoms with Gasteiger partial charge in [0.1, 0.15) is 0 Å². The summed E-state index contributed by atoms with van der Waals surface area (Å²) in [5, 5.41) is 10.4. The van der Waals surface area contributed by atoms with Gasteiger partial charge >= 0.3 is 0 Å². The van der Waals surface area contributed by atoms with Gasteiger partial charge in [0.15, 0.2) is 5.78 Å². The van der Waals surface area contributed by atoms with Crippen LogP contribution in [0.3, 0.4) is 0 Å². The van der Waals surface area contributed by atoms with E-state index in [0.717, 1.165) is 30.8 Å². The van der Waals surface area contributed by atoms with Crippen LogP contribution in [-0.4, -0.2) is 27.4 Å². The lowest BCUT2D eigenvalue weighted by Gasteiger charge is -2.13. The minimum atomic E-state index is -0.472. The third kappa shape index (κ3) is 5.67. The average molecular weight is 495 g/mol. The Hall–Kier alpha value is -4.52. The van der Waals surface area contributed by atoms with Crippen molar-refractivity contribution in [3.05, 3.63) is 113 Å². The highest BCUT2D eigenvalue weighted by Crippen LogP contribution is 2.24. The van der Waals surface area contributed by atoms with E-state index in [0.29, 0.717) is 28.1 Å². The first-order valence-electron chi connectivity index (χ1n) is 12.3. The fourth-order valence-electron chi connectivity index (χ4n) is 4.19. The Morgan fingerprint density at radius 2 is 1.35 bits per heavy atom. The van der Waals surface area contributed by atoms with Crippen LogP contribution >= 0.6 is 0 Å². The predicted octanol–water partition coefficient (Wildman–Crippen LogP) is 6.04. The van der Waals surface area contributed by atoms with Gasteiger partial charge in [-0.15, -0.1) is 0 Å². The molecule has 2 amide bonds. The van der Waals surface area contributed by atoms with E-state index >= 15 is 0 Å². The SMILES string of the molecule is CCCCn1nc(C)c(NC(=O)c2ccccc2NC(=O)c2ccccc2C(=O)c2ccccc2)c1C. The lowest BCUT2D eigenvalue weighted by atomic mass is 9.98. The summed E-state index contributed by atoms with van der Waals surface area (Å²) in [6, 6.07) is 22.3. The number of rotatable bonds is 9. The summed E-state index contributed by atoms with van der Waals surface area (Å²) in [5.41, 5.74) is 3.96. The molecular weight excluding hydrogens is 464 g/mol. The lowest BCUT2D eigenvalue weighted by Crippen LogP contribution is -2.20. The number of nitrogens with one attached hydrogen (secondary N) is 2. The van der Waals surface area contributed by atoms with Crippen molar-refractivity contribution >= 4 is 29.0 Å². The summed E-state index contributed by atoms with van der Waals surface area (Å²) in [5.74, 6) is -1.07. The zero-order valence-corrected chi connectivity index (χ0v) is 21.2. The maximum absolute atomic E-state index is 13.3. The van der Waals surface area contributed by atoms with E-state index in [1.54, 1.807) is 72.8 Å². The molecular formula is C30H30N4O3. The lowest BCUT2D eigenvalue weighted by molar-refractivity contribution is 0.0995. The zero-order valence-electron chi connectivity index (χ0n) is 21.2. The molecule has 1 aromatic heterocycles. The van der Waals surface area contributed by atoms with Crippen molar-refractivity contribution in [3.63, 3.8) is 0 Å². The monoisotopic (exact) mass is 494 g/mol. The molecule has 0 aliphatic heterocycles. The molecule has 3 aromatic carbocycles. The molecule has 2 N–H and O–H groups in total. The molecule has 0 saturated carbocycles. The van der Waals surface area contributed by atoms with Crippen LogP contribution in [0.5, 0.6) is 0 Å². The van der Waals surface area contributed by atoms with Gasteiger partial charge in [0.05, 0.1) is 33.9 Å². The number of hydrogen-bond donors (Lipinski definition) is 2. The van der Waals surface area contributed by atoms with Gasteiger partial charge < -0.3 is 10.6 Å². The number of para-hydroxylation sites is 1. The van der Waals surface area contributed by atoms with Crippen LogP contribution in [0.25, 0.3) is 0 Å². The molecule has 7 heteroatoms. The predicted molar refractivity (Wildman–Crippen MR) is 145 cm³/mol. The van der Waals surface area contributed by atoms with Crippen molar-refractivity contribution in [2.24, 2.45) is 0 Å². The molecule has 188 valence electrons. The smallest absolute Gasteiger partial charge is 0.257 e. The van der Waals surface area contributed by atoms with E-state index in [1.807, 2.05) is 24.6 Å². The Balaban J connectivity index is 1.58. The topological polar surface area (TPSA) is 93.1 Å². The highest BCUT2D eigenvalue weighted by molar-refractivity contribution is 6.19. The molecule has 0 fully saturated rings. The first-order valence-corrected chi connectivity index (χ1v) is 12.3. The van der Waals surface area contributed by atoms with Gasteiger partial charge in [-0.25, -0.2) is 0 Å². The zero-order chi connectivity index (χ0) is 26.4. The van der Waals surface area contributed by atoms with Crippen molar-refractivity contribution in [1.29, 1.82) is 0 Å². The van der Waals surface area contributed by atoms with Crippen LogP contribution in [0.2, 0.25) is 0 Å². The summed E-state index contributed by atoms with van der Waals surface area (Å²) in [7, 11) is 0. The Labute approximate surface area is 216 Å². The van der Waals surface area contributed by atoms with Crippen LogP contribution in [0.1, 0.15) is 67.8 Å². The van der Waals surface area contributed by atoms with Gasteiger partial charge in [-0.3, -0.25) is 19.1 Å². The fourth-order valence-corrected chi connectivity index (χ4v) is 4.19.